The van der Waals surface area contributed by atoms with Gasteiger partial charge in [-0.25, -0.2) is 4.39 Å². The number of aryl methyl sites for hydroxylation is 2. The summed E-state index contributed by atoms with van der Waals surface area (Å²) < 4.78 is 19.2. The van der Waals surface area contributed by atoms with E-state index in [1.54, 1.807) is 12.1 Å². The van der Waals surface area contributed by atoms with Crippen LogP contribution in [0.2, 0.25) is 0 Å². The molecule has 128 valence electrons. The van der Waals surface area contributed by atoms with Crippen LogP contribution in [0.3, 0.4) is 0 Å². The van der Waals surface area contributed by atoms with E-state index < -0.39 is 0 Å². The van der Waals surface area contributed by atoms with Crippen molar-refractivity contribution in [2.24, 2.45) is 0 Å². The molecule has 0 saturated heterocycles. The molecule has 0 atom stereocenters. The molecular weight excluding hydrogens is 313 g/mol. The van der Waals surface area contributed by atoms with Gasteiger partial charge in [-0.2, -0.15) is 0 Å². The summed E-state index contributed by atoms with van der Waals surface area (Å²) in [4.78, 5) is 0. The Hall–Kier alpha value is -2.81. The minimum absolute atomic E-state index is 0.230. The maximum atomic E-state index is 13.1. The smallest absolute Gasteiger partial charge is 0.123 e. The number of benzene rings is 3. The van der Waals surface area contributed by atoms with Gasteiger partial charge in [0.05, 0.1) is 0 Å². The summed E-state index contributed by atoms with van der Waals surface area (Å²) >= 11 is 0. The first-order valence-electron chi connectivity index (χ1n) is 8.33. The highest BCUT2D eigenvalue weighted by Crippen LogP contribution is 2.28. The van der Waals surface area contributed by atoms with Crippen LogP contribution in [-0.4, -0.2) is 7.05 Å². The van der Waals surface area contributed by atoms with E-state index in [9.17, 15) is 4.39 Å². The quantitative estimate of drug-likeness (QED) is 0.643. The van der Waals surface area contributed by atoms with Gasteiger partial charge in [-0.3, -0.25) is 0 Å². The van der Waals surface area contributed by atoms with Crippen molar-refractivity contribution in [1.82, 2.24) is 0 Å². The van der Waals surface area contributed by atoms with Gasteiger partial charge in [-0.15, -0.1) is 0 Å². The van der Waals surface area contributed by atoms with Crippen LogP contribution in [0.4, 0.5) is 10.1 Å². The summed E-state index contributed by atoms with van der Waals surface area (Å²) in [5.74, 6) is 0.580. The monoisotopic (exact) mass is 335 g/mol. The molecule has 0 heterocycles. The predicted octanol–water partition coefficient (Wildman–Crippen LogP) is 5.73. The first kappa shape index (κ1) is 17.0. The second-order valence-electron chi connectivity index (χ2n) is 6.18. The summed E-state index contributed by atoms with van der Waals surface area (Å²) in [5.41, 5.74) is 6.52. The molecule has 2 nitrogen and oxygen atoms in total. The van der Waals surface area contributed by atoms with Gasteiger partial charge in [-0.1, -0.05) is 30.3 Å². The SMILES string of the molecule is CNc1cccc(C)c1COc1cc(C)cc(-c2ccc(F)cc2)c1. The highest BCUT2D eigenvalue weighted by atomic mass is 19.1. The molecule has 0 bridgehead atoms. The zero-order valence-corrected chi connectivity index (χ0v) is 14.8. The molecule has 3 aromatic carbocycles. The van der Waals surface area contributed by atoms with Crippen LogP contribution in [0.15, 0.2) is 60.7 Å². The van der Waals surface area contributed by atoms with E-state index in [0.717, 1.165) is 33.7 Å². The Morgan fingerprint density at radius 1 is 0.920 bits per heavy atom. The van der Waals surface area contributed by atoms with Gasteiger partial charge >= 0.3 is 0 Å². The summed E-state index contributed by atoms with van der Waals surface area (Å²) in [6.45, 7) is 4.61. The molecule has 25 heavy (non-hydrogen) atoms. The second kappa shape index (κ2) is 7.39. The van der Waals surface area contributed by atoms with Gasteiger partial charge in [0.15, 0.2) is 0 Å². The van der Waals surface area contributed by atoms with Crippen LogP contribution in [0.1, 0.15) is 16.7 Å². The van der Waals surface area contributed by atoms with Crippen molar-refractivity contribution < 1.29 is 9.13 Å². The molecule has 3 rings (SSSR count). The lowest BCUT2D eigenvalue weighted by atomic mass is 10.0. The van der Waals surface area contributed by atoms with Gasteiger partial charge in [0.2, 0.25) is 0 Å². The molecule has 0 unspecified atom stereocenters. The number of ether oxygens (including phenoxy) is 1. The molecular formula is C22H22FNO. The Bertz CT molecular complexity index is 872. The fourth-order valence-electron chi connectivity index (χ4n) is 2.92. The molecule has 0 amide bonds. The number of anilines is 1. The molecule has 0 aliphatic carbocycles. The number of rotatable bonds is 5. The average molecular weight is 335 g/mol. The van der Waals surface area contributed by atoms with Gasteiger partial charge in [0.1, 0.15) is 18.2 Å². The second-order valence-corrected chi connectivity index (χ2v) is 6.18. The van der Waals surface area contributed by atoms with Gasteiger partial charge in [-0.05, 0) is 66.4 Å². The number of halogens is 1. The molecule has 3 heteroatoms. The third-order valence-electron chi connectivity index (χ3n) is 4.29. The van der Waals surface area contributed by atoms with Crippen LogP contribution in [0.25, 0.3) is 11.1 Å². The lowest BCUT2D eigenvalue weighted by Crippen LogP contribution is -2.03. The van der Waals surface area contributed by atoms with Crippen LogP contribution in [0, 0.1) is 19.7 Å². The van der Waals surface area contributed by atoms with E-state index >= 15 is 0 Å². The lowest BCUT2D eigenvalue weighted by Gasteiger charge is -2.14. The van der Waals surface area contributed by atoms with Crippen molar-refractivity contribution in [2.75, 3.05) is 12.4 Å². The maximum Gasteiger partial charge on any atom is 0.123 e. The van der Waals surface area contributed by atoms with E-state index in [4.69, 9.17) is 4.74 Å². The van der Waals surface area contributed by atoms with E-state index in [1.807, 2.05) is 38.2 Å². The largest absolute Gasteiger partial charge is 0.489 e. The lowest BCUT2D eigenvalue weighted by molar-refractivity contribution is 0.306. The molecule has 1 N–H and O–H groups in total. The molecule has 0 fully saturated rings. The van der Waals surface area contributed by atoms with E-state index in [2.05, 4.69) is 24.4 Å². The Morgan fingerprint density at radius 2 is 1.68 bits per heavy atom. The molecule has 0 aliphatic rings. The third-order valence-corrected chi connectivity index (χ3v) is 4.29. The highest BCUT2D eigenvalue weighted by molar-refractivity contribution is 5.66. The normalized spacial score (nSPS) is 10.6. The van der Waals surface area contributed by atoms with Gasteiger partial charge in [0, 0.05) is 18.3 Å². The molecule has 0 aromatic heterocycles. The van der Waals surface area contributed by atoms with E-state index in [1.165, 1.54) is 17.7 Å². The van der Waals surface area contributed by atoms with Crippen molar-refractivity contribution in [3.8, 4) is 16.9 Å². The Morgan fingerprint density at radius 3 is 2.40 bits per heavy atom. The van der Waals surface area contributed by atoms with E-state index in [-0.39, 0.29) is 5.82 Å². The molecule has 0 aliphatic heterocycles. The third kappa shape index (κ3) is 4.00. The first-order valence-corrected chi connectivity index (χ1v) is 8.33. The minimum atomic E-state index is -0.230. The minimum Gasteiger partial charge on any atom is -0.489 e. The summed E-state index contributed by atoms with van der Waals surface area (Å²) in [7, 11) is 1.91. The van der Waals surface area contributed by atoms with Crippen molar-refractivity contribution in [1.29, 1.82) is 0 Å². The molecule has 3 aromatic rings. The summed E-state index contributed by atoms with van der Waals surface area (Å²) in [5, 5.41) is 3.21. The zero-order chi connectivity index (χ0) is 17.8. The predicted molar refractivity (Wildman–Crippen MR) is 102 cm³/mol. The molecule has 0 saturated carbocycles. The zero-order valence-electron chi connectivity index (χ0n) is 14.8. The number of hydrogen-bond donors (Lipinski definition) is 1. The summed E-state index contributed by atoms with van der Waals surface area (Å²) in [6.07, 6.45) is 0. The van der Waals surface area contributed by atoms with Crippen molar-refractivity contribution in [3.63, 3.8) is 0 Å². The van der Waals surface area contributed by atoms with Crippen LogP contribution in [-0.2, 0) is 6.61 Å². The fourth-order valence-corrected chi connectivity index (χ4v) is 2.92. The van der Waals surface area contributed by atoms with E-state index in [0.29, 0.717) is 6.61 Å². The standard InChI is InChI=1S/C22H22FNO/c1-15-11-18(17-7-9-19(23)10-8-17)13-20(12-15)25-14-21-16(2)5-4-6-22(21)24-3/h4-13,24H,14H2,1-3H3. The van der Waals surface area contributed by atoms with Crippen LogP contribution >= 0.6 is 0 Å². The Kier molecular flexibility index (Phi) is 5.03. The summed E-state index contributed by atoms with van der Waals surface area (Å²) in [6, 6.07) is 18.8. The number of nitrogens with one attached hydrogen (secondary N) is 1. The highest BCUT2D eigenvalue weighted by Gasteiger charge is 2.07. The molecule has 0 spiro atoms. The Labute approximate surface area is 148 Å². The fraction of sp³-hybridized carbons (Fsp3) is 0.182. The molecule has 0 radical (unpaired) electrons. The maximum absolute atomic E-state index is 13.1. The Balaban J connectivity index is 1.85. The van der Waals surface area contributed by atoms with Gasteiger partial charge < -0.3 is 10.1 Å². The number of hydrogen-bond acceptors (Lipinski definition) is 2. The van der Waals surface area contributed by atoms with Crippen molar-refractivity contribution >= 4 is 5.69 Å². The van der Waals surface area contributed by atoms with Crippen molar-refractivity contribution in [3.05, 3.63) is 83.2 Å². The topological polar surface area (TPSA) is 21.3 Å². The van der Waals surface area contributed by atoms with Crippen LogP contribution < -0.4 is 10.1 Å². The van der Waals surface area contributed by atoms with Crippen molar-refractivity contribution in [2.45, 2.75) is 20.5 Å². The average Bonchev–Trinajstić information content (AvgIpc) is 2.60. The van der Waals surface area contributed by atoms with Gasteiger partial charge in [0.25, 0.3) is 0 Å². The first-order chi connectivity index (χ1) is 12.1. The van der Waals surface area contributed by atoms with Crippen LogP contribution in [0.5, 0.6) is 5.75 Å².